The van der Waals surface area contributed by atoms with Crippen LogP contribution in [-0.4, -0.2) is 23.5 Å². The summed E-state index contributed by atoms with van der Waals surface area (Å²) in [7, 11) is 0. The Kier molecular flexibility index (Phi) is 7.28. The lowest BCUT2D eigenvalue weighted by Gasteiger charge is -2.07. The van der Waals surface area contributed by atoms with Crippen LogP contribution in [0.25, 0.3) is 0 Å². The molecule has 1 aromatic carbocycles. The van der Waals surface area contributed by atoms with E-state index in [1.807, 2.05) is 0 Å². The van der Waals surface area contributed by atoms with Gasteiger partial charge in [-0.05, 0) is 24.9 Å². The number of halogens is 2. The van der Waals surface area contributed by atoms with E-state index in [1.54, 1.807) is 11.8 Å². The first kappa shape index (κ1) is 16.7. The highest BCUT2D eigenvalue weighted by Gasteiger charge is 2.21. The van der Waals surface area contributed by atoms with E-state index in [4.69, 9.17) is 0 Å². The largest absolute Gasteiger partial charge is 0.379 e. The van der Waals surface area contributed by atoms with Gasteiger partial charge < -0.3 is 5.32 Å². The Morgan fingerprint density at radius 3 is 2.60 bits per heavy atom. The molecule has 0 fully saturated rings. The molecular weight excluding hydrogens is 286 g/mol. The molecule has 0 atom stereocenters. The van der Waals surface area contributed by atoms with E-state index >= 15 is 0 Å². The molecule has 20 heavy (non-hydrogen) atoms. The average Bonchev–Trinajstić information content (AvgIpc) is 2.36. The van der Waals surface area contributed by atoms with Gasteiger partial charge in [0.2, 0.25) is 5.82 Å². The first-order valence-electron chi connectivity index (χ1n) is 6.42. The van der Waals surface area contributed by atoms with Crippen molar-refractivity contribution in [3.05, 3.63) is 33.9 Å². The fourth-order valence-electron chi connectivity index (χ4n) is 1.83. The van der Waals surface area contributed by atoms with Crippen molar-refractivity contribution in [2.24, 2.45) is 0 Å². The third-order valence-corrected chi connectivity index (χ3v) is 3.50. The summed E-state index contributed by atoms with van der Waals surface area (Å²) in [6, 6.07) is 1.47. The van der Waals surface area contributed by atoms with E-state index in [2.05, 4.69) is 11.6 Å². The van der Waals surface area contributed by atoms with Crippen LogP contribution in [0.1, 0.15) is 25.7 Å². The maximum Gasteiger partial charge on any atom is 0.327 e. The second-order valence-corrected chi connectivity index (χ2v) is 5.36. The van der Waals surface area contributed by atoms with E-state index in [9.17, 15) is 18.9 Å². The minimum atomic E-state index is -1.16. The molecule has 7 heteroatoms. The number of anilines is 1. The summed E-state index contributed by atoms with van der Waals surface area (Å²) in [5.74, 6) is -0.860. The maximum atomic E-state index is 13.4. The third-order valence-electron chi connectivity index (χ3n) is 2.80. The average molecular weight is 304 g/mol. The summed E-state index contributed by atoms with van der Waals surface area (Å²) < 4.78 is 26.4. The Morgan fingerprint density at radius 1 is 1.25 bits per heavy atom. The highest BCUT2D eigenvalue weighted by Crippen LogP contribution is 2.28. The molecule has 0 aliphatic rings. The standard InChI is InChI=1S/C13H18F2N2O2S/c1-20-7-5-3-2-4-6-16-12-9-10(14)8-11(15)13(12)17(18)19/h8-9,16H,2-7H2,1H3. The van der Waals surface area contributed by atoms with E-state index in [-0.39, 0.29) is 5.69 Å². The van der Waals surface area contributed by atoms with Gasteiger partial charge in [0.1, 0.15) is 11.5 Å². The quantitative estimate of drug-likeness (QED) is 0.422. The molecular formula is C13H18F2N2O2S. The van der Waals surface area contributed by atoms with E-state index in [0.717, 1.165) is 37.5 Å². The van der Waals surface area contributed by atoms with Crippen LogP contribution in [0.4, 0.5) is 20.2 Å². The predicted octanol–water partition coefficient (Wildman–Crippen LogP) is 4.21. The van der Waals surface area contributed by atoms with Gasteiger partial charge in [-0.3, -0.25) is 10.1 Å². The fourth-order valence-corrected chi connectivity index (χ4v) is 2.33. The van der Waals surface area contributed by atoms with Gasteiger partial charge in [0.25, 0.3) is 0 Å². The summed E-state index contributed by atoms with van der Waals surface area (Å²) in [6.45, 7) is 0.461. The summed E-state index contributed by atoms with van der Waals surface area (Å²) >= 11 is 1.80. The van der Waals surface area contributed by atoms with Crippen LogP contribution in [0.3, 0.4) is 0 Å². The lowest BCUT2D eigenvalue weighted by molar-refractivity contribution is -0.386. The van der Waals surface area contributed by atoms with E-state index in [1.165, 1.54) is 0 Å². The molecule has 0 aliphatic heterocycles. The Labute approximate surface area is 121 Å². The van der Waals surface area contributed by atoms with Gasteiger partial charge in [-0.25, -0.2) is 4.39 Å². The van der Waals surface area contributed by atoms with Gasteiger partial charge in [0, 0.05) is 18.7 Å². The van der Waals surface area contributed by atoms with Gasteiger partial charge in [0.15, 0.2) is 0 Å². The number of benzene rings is 1. The van der Waals surface area contributed by atoms with Crippen LogP contribution in [0, 0.1) is 21.7 Å². The van der Waals surface area contributed by atoms with Gasteiger partial charge in [0.05, 0.1) is 4.92 Å². The van der Waals surface area contributed by atoms with Crippen LogP contribution in [0.15, 0.2) is 12.1 Å². The van der Waals surface area contributed by atoms with Gasteiger partial charge in [-0.2, -0.15) is 16.2 Å². The molecule has 0 amide bonds. The molecule has 0 radical (unpaired) electrons. The van der Waals surface area contributed by atoms with Crippen molar-refractivity contribution in [2.45, 2.75) is 25.7 Å². The number of nitrogens with one attached hydrogen (secondary N) is 1. The van der Waals surface area contributed by atoms with Crippen molar-refractivity contribution in [1.82, 2.24) is 0 Å². The Balaban J connectivity index is 2.49. The number of unbranched alkanes of at least 4 members (excludes halogenated alkanes) is 3. The maximum absolute atomic E-state index is 13.4. The zero-order valence-corrected chi connectivity index (χ0v) is 12.1. The number of hydrogen-bond acceptors (Lipinski definition) is 4. The van der Waals surface area contributed by atoms with Gasteiger partial charge in [-0.15, -0.1) is 0 Å². The number of nitrogens with zero attached hydrogens (tertiary/aromatic N) is 1. The van der Waals surface area contributed by atoms with Crippen LogP contribution < -0.4 is 5.32 Å². The number of thioether (sulfide) groups is 1. The van der Waals surface area contributed by atoms with Gasteiger partial charge >= 0.3 is 5.69 Å². The molecule has 0 aliphatic carbocycles. The summed E-state index contributed by atoms with van der Waals surface area (Å²) in [4.78, 5) is 9.92. The second-order valence-electron chi connectivity index (χ2n) is 4.37. The molecule has 1 rings (SSSR count). The van der Waals surface area contributed by atoms with Crippen molar-refractivity contribution in [2.75, 3.05) is 23.9 Å². The molecule has 112 valence electrons. The van der Waals surface area contributed by atoms with Gasteiger partial charge in [-0.1, -0.05) is 12.8 Å². The highest BCUT2D eigenvalue weighted by molar-refractivity contribution is 7.98. The first-order chi connectivity index (χ1) is 9.56. The van der Waals surface area contributed by atoms with Crippen molar-refractivity contribution in [3.8, 4) is 0 Å². The Hall–Kier alpha value is -1.37. The predicted molar refractivity (Wildman–Crippen MR) is 78.4 cm³/mol. The van der Waals surface area contributed by atoms with Crippen LogP contribution in [-0.2, 0) is 0 Å². The molecule has 0 heterocycles. The summed E-state index contributed by atoms with van der Waals surface area (Å²) in [5.41, 5.74) is -0.801. The van der Waals surface area contributed by atoms with Crippen molar-refractivity contribution >= 4 is 23.1 Å². The number of nitro groups is 1. The summed E-state index contributed by atoms with van der Waals surface area (Å²) in [6.07, 6.45) is 6.07. The highest BCUT2D eigenvalue weighted by atomic mass is 32.2. The number of nitro benzene ring substituents is 1. The molecule has 0 saturated carbocycles. The molecule has 0 aromatic heterocycles. The topological polar surface area (TPSA) is 55.2 Å². The van der Waals surface area contributed by atoms with E-state index in [0.29, 0.717) is 12.6 Å². The third kappa shape index (κ3) is 5.32. The van der Waals surface area contributed by atoms with Crippen molar-refractivity contribution in [3.63, 3.8) is 0 Å². The Morgan fingerprint density at radius 2 is 1.95 bits per heavy atom. The smallest absolute Gasteiger partial charge is 0.327 e. The lowest BCUT2D eigenvalue weighted by atomic mass is 10.2. The van der Waals surface area contributed by atoms with Crippen molar-refractivity contribution < 1.29 is 13.7 Å². The molecule has 0 unspecified atom stereocenters. The molecule has 0 saturated heterocycles. The fraction of sp³-hybridized carbons (Fsp3) is 0.538. The molecule has 1 aromatic rings. The minimum Gasteiger partial charge on any atom is -0.379 e. The van der Waals surface area contributed by atoms with E-state index < -0.39 is 22.2 Å². The summed E-state index contributed by atoms with van der Waals surface area (Å²) in [5, 5.41) is 13.5. The molecule has 0 bridgehead atoms. The molecule has 4 nitrogen and oxygen atoms in total. The normalized spacial score (nSPS) is 10.6. The Bertz CT molecular complexity index is 458. The van der Waals surface area contributed by atoms with Crippen molar-refractivity contribution in [1.29, 1.82) is 0 Å². The molecule has 1 N–H and O–H groups in total. The first-order valence-corrected chi connectivity index (χ1v) is 7.82. The van der Waals surface area contributed by atoms with Crippen LogP contribution in [0.2, 0.25) is 0 Å². The minimum absolute atomic E-state index is 0.100. The second kappa shape index (κ2) is 8.73. The van der Waals surface area contributed by atoms with Crippen LogP contribution in [0.5, 0.6) is 0 Å². The van der Waals surface area contributed by atoms with Crippen LogP contribution >= 0.6 is 11.8 Å². The molecule has 0 spiro atoms. The lowest BCUT2D eigenvalue weighted by Crippen LogP contribution is -2.06. The zero-order valence-electron chi connectivity index (χ0n) is 11.3. The SMILES string of the molecule is CSCCCCCCNc1cc(F)cc(F)c1[N+](=O)[O-]. The monoisotopic (exact) mass is 304 g/mol. The number of hydrogen-bond donors (Lipinski definition) is 1. The zero-order chi connectivity index (χ0) is 15.0. The number of rotatable bonds is 9.